The summed E-state index contributed by atoms with van der Waals surface area (Å²) in [5.41, 5.74) is 1.12. The fourth-order valence-corrected chi connectivity index (χ4v) is 2.85. The standard InChI is InChI=1S/C12H12N2O/c1-2-8-3-5-14(12(8)13-4-1)11-9-6-15-7-10(9)11/h1-5,9-11H,6-7H2/t9-,10+,11+. The Bertz CT molecular complexity index is 509. The lowest BCUT2D eigenvalue weighted by molar-refractivity contribution is 0.152. The average molecular weight is 200 g/mol. The van der Waals surface area contributed by atoms with E-state index in [0.717, 1.165) is 30.7 Å². The van der Waals surface area contributed by atoms with Gasteiger partial charge >= 0.3 is 0 Å². The van der Waals surface area contributed by atoms with E-state index < -0.39 is 0 Å². The zero-order valence-electron chi connectivity index (χ0n) is 8.34. The van der Waals surface area contributed by atoms with Gasteiger partial charge in [-0.15, -0.1) is 0 Å². The monoisotopic (exact) mass is 200 g/mol. The summed E-state index contributed by atoms with van der Waals surface area (Å²) in [5.74, 6) is 1.48. The summed E-state index contributed by atoms with van der Waals surface area (Å²) in [6, 6.07) is 6.90. The molecule has 1 saturated carbocycles. The van der Waals surface area contributed by atoms with Crippen LogP contribution in [0, 0.1) is 11.8 Å². The minimum Gasteiger partial charge on any atom is -0.381 e. The van der Waals surface area contributed by atoms with E-state index in [2.05, 4.69) is 27.9 Å². The molecule has 3 atom stereocenters. The fraction of sp³-hybridized carbons (Fsp3) is 0.417. The van der Waals surface area contributed by atoms with Crippen molar-refractivity contribution in [3.63, 3.8) is 0 Å². The van der Waals surface area contributed by atoms with Crippen LogP contribution in [0.3, 0.4) is 0 Å². The number of hydrogen-bond acceptors (Lipinski definition) is 2. The molecule has 0 radical (unpaired) electrons. The van der Waals surface area contributed by atoms with E-state index in [1.165, 1.54) is 5.39 Å². The van der Waals surface area contributed by atoms with Crippen LogP contribution in [0.5, 0.6) is 0 Å². The SMILES string of the molecule is c1cnc2c(c1)ccn2[C@H]1[C@@H]2COC[C@@H]21. The highest BCUT2D eigenvalue weighted by Crippen LogP contribution is 2.55. The predicted molar refractivity (Wildman–Crippen MR) is 56.6 cm³/mol. The lowest BCUT2D eigenvalue weighted by atomic mass is 10.3. The maximum absolute atomic E-state index is 5.41. The molecular formula is C12H12N2O. The summed E-state index contributed by atoms with van der Waals surface area (Å²) in [7, 11) is 0. The molecule has 2 aromatic heterocycles. The molecule has 3 heteroatoms. The third-order valence-corrected chi connectivity index (χ3v) is 3.70. The van der Waals surface area contributed by atoms with Gasteiger partial charge in [-0.1, -0.05) is 0 Å². The van der Waals surface area contributed by atoms with E-state index in [1.807, 2.05) is 12.3 Å². The topological polar surface area (TPSA) is 27.1 Å². The number of hydrogen-bond donors (Lipinski definition) is 0. The number of rotatable bonds is 1. The van der Waals surface area contributed by atoms with Gasteiger partial charge in [-0.25, -0.2) is 4.98 Å². The van der Waals surface area contributed by atoms with Crippen LogP contribution in [0.2, 0.25) is 0 Å². The van der Waals surface area contributed by atoms with E-state index in [1.54, 1.807) is 0 Å². The Morgan fingerprint density at radius 3 is 3.00 bits per heavy atom. The summed E-state index contributed by atoms with van der Waals surface area (Å²) in [6.45, 7) is 1.86. The van der Waals surface area contributed by atoms with Crippen molar-refractivity contribution in [1.29, 1.82) is 0 Å². The van der Waals surface area contributed by atoms with E-state index >= 15 is 0 Å². The van der Waals surface area contributed by atoms with Crippen LogP contribution in [0.15, 0.2) is 30.6 Å². The first-order valence-corrected chi connectivity index (χ1v) is 5.44. The Kier molecular flexibility index (Phi) is 1.37. The van der Waals surface area contributed by atoms with Crippen LogP contribution in [0.25, 0.3) is 11.0 Å². The zero-order valence-corrected chi connectivity index (χ0v) is 8.34. The molecule has 1 aliphatic carbocycles. The van der Waals surface area contributed by atoms with Crippen LogP contribution in [-0.4, -0.2) is 22.8 Å². The second-order valence-electron chi connectivity index (χ2n) is 4.50. The molecule has 3 heterocycles. The number of pyridine rings is 1. The smallest absolute Gasteiger partial charge is 0.140 e. The minimum absolute atomic E-state index is 0.645. The van der Waals surface area contributed by atoms with Crippen molar-refractivity contribution < 1.29 is 4.74 Å². The number of aromatic nitrogens is 2. The highest BCUT2D eigenvalue weighted by Gasteiger charge is 2.55. The van der Waals surface area contributed by atoms with E-state index in [9.17, 15) is 0 Å². The quantitative estimate of drug-likeness (QED) is 0.702. The van der Waals surface area contributed by atoms with Gasteiger partial charge in [0, 0.05) is 35.7 Å². The molecule has 0 N–H and O–H groups in total. The summed E-state index contributed by atoms with van der Waals surface area (Å²) in [6.07, 6.45) is 4.04. The van der Waals surface area contributed by atoms with Crippen LogP contribution in [0.4, 0.5) is 0 Å². The Balaban J connectivity index is 1.82. The van der Waals surface area contributed by atoms with Crippen molar-refractivity contribution in [2.75, 3.05) is 13.2 Å². The molecule has 0 aromatic carbocycles. The molecular weight excluding hydrogens is 188 g/mol. The Labute approximate surface area is 87.7 Å². The van der Waals surface area contributed by atoms with Crippen molar-refractivity contribution in [2.24, 2.45) is 11.8 Å². The summed E-state index contributed by atoms with van der Waals surface area (Å²) >= 11 is 0. The lowest BCUT2D eigenvalue weighted by Crippen LogP contribution is -2.04. The molecule has 3 nitrogen and oxygen atoms in total. The average Bonchev–Trinajstić information content (AvgIpc) is 2.73. The molecule has 2 fully saturated rings. The third kappa shape index (κ3) is 0.960. The molecule has 0 spiro atoms. The van der Waals surface area contributed by atoms with Gasteiger partial charge in [0.05, 0.1) is 13.2 Å². The van der Waals surface area contributed by atoms with Crippen LogP contribution >= 0.6 is 0 Å². The summed E-state index contributed by atoms with van der Waals surface area (Å²) in [5, 5.41) is 1.24. The maximum Gasteiger partial charge on any atom is 0.140 e. The predicted octanol–water partition coefficient (Wildman–Crippen LogP) is 1.85. The highest BCUT2D eigenvalue weighted by molar-refractivity contribution is 5.76. The first-order valence-electron chi connectivity index (χ1n) is 5.44. The Morgan fingerprint density at radius 2 is 2.13 bits per heavy atom. The molecule has 0 bridgehead atoms. The van der Waals surface area contributed by atoms with Gasteiger partial charge in [-0.2, -0.15) is 0 Å². The van der Waals surface area contributed by atoms with Gasteiger partial charge in [0.1, 0.15) is 5.65 Å². The summed E-state index contributed by atoms with van der Waals surface area (Å²) in [4.78, 5) is 4.45. The van der Waals surface area contributed by atoms with Gasteiger partial charge < -0.3 is 9.30 Å². The van der Waals surface area contributed by atoms with Crippen molar-refractivity contribution in [2.45, 2.75) is 6.04 Å². The van der Waals surface area contributed by atoms with E-state index in [4.69, 9.17) is 4.74 Å². The molecule has 15 heavy (non-hydrogen) atoms. The molecule has 76 valence electrons. The fourth-order valence-electron chi connectivity index (χ4n) is 2.85. The van der Waals surface area contributed by atoms with Gasteiger partial charge in [0.2, 0.25) is 0 Å². The third-order valence-electron chi connectivity index (χ3n) is 3.70. The number of fused-ring (bicyclic) bond motifs is 2. The van der Waals surface area contributed by atoms with Crippen LogP contribution in [0.1, 0.15) is 6.04 Å². The van der Waals surface area contributed by atoms with Crippen molar-refractivity contribution in [1.82, 2.24) is 9.55 Å². The molecule has 2 aromatic rings. The number of ether oxygens (including phenoxy) is 1. The first-order chi connectivity index (χ1) is 7.45. The first kappa shape index (κ1) is 7.88. The van der Waals surface area contributed by atoms with Gasteiger partial charge in [-0.05, 0) is 18.2 Å². The van der Waals surface area contributed by atoms with Crippen LogP contribution < -0.4 is 0 Å². The van der Waals surface area contributed by atoms with Crippen molar-refractivity contribution in [3.05, 3.63) is 30.6 Å². The second kappa shape index (κ2) is 2.61. The largest absolute Gasteiger partial charge is 0.381 e. The van der Waals surface area contributed by atoms with Crippen LogP contribution in [-0.2, 0) is 4.74 Å². The van der Waals surface area contributed by atoms with E-state index in [0.29, 0.717) is 6.04 Å². The van der Waals surface area contributed by atoms with Gasteiger partial charge in [0.25, 0.3) is 0 Å². The molecule has 2 aliphatic rings. The molecule has 1 aliphatic heterocycles. The zero-order chi connectivity index (χ0) is 9.83. The molecule has 0 amide bonds. The Morgan fingerprint density at radius 1 is 1.27 bits per heavy atom. The Hall–Kier alpha value is -1.35. The van der Waals surface area contributed by atoms with Gasteiger partial charge in [-0.3, -0.25) is 0 Å². The molecule has 4 rings (SSSR count). The number of nitrogens with zero attached hydrogens (tertiary/aromatic N) is 2. The van der Waals surface area contributed by atoms with Gasteiger partial charge in [0.15, 0.2) is 0 Å². The van der Waals surface area contributed by atoms with E-state index in [-0.39, 0.29) is 0 Å². The molecule has 0 unspecified atom stereocenters. The van der Waals surface area contributed by atoms with Crippen molar-refractivity contribution >= 4 is 11.0 Å². The summed E-state index contributed by atoms with van der Waals surface area (Å²) < 4.78 is 7.74. The lowest BCUT2D eigenvalue weighted by Gasteiger charge is -2.06. The maximum atomic E-state index is 5.41. The second-order valence-corrected chi connectivity index (χ2v) is 4.50. The highest BCUT2D eigenvalue weighted by atomic mass is 16.5. The molecule has 1 saturated heterocycles. The van der Waals surface area contributed by atoms with Crippen molar-refractivity contribution in [3.8, 4) is 0 Å². The normalized spacial score (nSPS) is 33.2. The minimum atomic E-state index is 0.645.